The third-order valence-corrected chi connectivity index (χ3v) is 3.27. The molecule has 0 bridgehead atoms. The van der Waals surface area contributed by atoms with Crippen molar-refractivity contribution in [2.75, 3.05) is 11.1 Å². The van der Waals surface area contributed by atoms with Gasteiger partial charge in [-0.1, -0.05) is 27.7 Å². The maximum absolute atomic E-state index is 11.6. The van der Waals surface area contributed by atoms with E-state index in [0.717, 1.165) is 10.2 Å². The predicted molar refractivity (Wildman–Crippen MR) is 69.9 cm³/mol. The van der Waals surface area contributed by atoms with E-state index in [0.29, 0.717) is 10.9 Å². The SMILES string of the molecule is O=C(CSc1ncn[nH]1)Nc1ccc(Br)cc1. The number of nitrogens with one attached hydrogen (secondary N) is 2. The van der Waals surface area contributed by atoms with E-state index in [4.69, 9.17) is 0 Å². The molecule has 0 aliphatic heterocycles. The molecule has 0 atom stereocenters. The molecule has 7 heteroatoms. The lowest BCUT2D eigenvalue weighted by Crippen LogP contribution is -2.13. The van der Waals surface area contributed by atoms with Gasteiger partial charge in [0.1, 0.15) is 6.33 Å². The number of nitrogens with zero attached hydrogens (tertiary/aromatic N) is 2. The van der Waals surface area contributed by atoms with Crippen molar-refractivity contribution >= 4 is 39.3 Å². The molecule has 0 fully saturated rings. The van der Waals surface area contributed by atoms with Crippen LogP contribution in [0.4, 0.5) is 5.69 Å². The van der Waals surface area contributed by atoms with E-state index in [-0.39, 0.29) is 5.91 Å². The van der Waals surface area contributed by atoms with Gasteiger partial charge in [0.25, 0.3) is 0 Å². The van der Waals surface area contributed by atoms with Crippen LogP contribution in [0.5, 0.6) is 0 Å². The third-order valence-electron chi connectivity index (χ3n) is 1.86. The summed E-state index contributed by atoms with van der Waals surface area (Å²) < 4.78 is 0.978. The summed E-state index contributed by atoms with van der Waals surface area (Å²) >= 11 is 4.64. The summed E-state index contributed by atoms with van der Waals surface area (Å²) in [7, 11) is 0. The summed E-state index contributed by atoms with van der Waals surface area (Å²) in [5.41, 5.74) is 0.774. The molecule has 2 rings (SSSR count). The van der Waals surface area contributed by atoms with E-state index >= 15 is 0 Å². The topological polar surface area (TPSA) is 70.7 Å². The Balaban J connectivity index is 1.83. The molecule has 0 unspecified atom stereocenters. The second-order valence-corrected chi connectivity index (χ2v) is 5.01. The summed E-state index contributed by atoms with van der Waals surface area (Å²) in [5.74, 6) is 0.222. The zero-order valence-electron chi connectivity index (χ0n) is 8.68. The number of hydrogen-bond donors (Lipinski definition) is 2. The zero-order chi connectivity index (χ0) is 12.1. The molecule has 2 aromatic rings. The molecular weight excluding hydrogens is 304 g/mol. The first kappa shape index (κ1) is 12.1. The highest BCUT2D eigenvalue weighted by Gasteiger charge is 2.04. The molecule has 1 aromatic heterocycles. The lowest BCUT2D eigenvalue weighted by molar-refractivity contribution is -0.113. The molecule has 88 valence electrons. The van der Waals surface area contributed by atoms with Gasteiger partial charge in [-0.3, -0.25) is 9.89 Å². The first-order chi connectivity index (χ1) is 8.24. The van der Waals surface area contributed by atoms with Crippen LogP contribution in [-0.4, -0.2) is 26.8 Å². The zero-order valence-corrected chi connectivity index (χ0v) is 11.1. The normalized spacial score (nSPS) is 10.2. The number of anilines is 1. The molecular formula is C10H9BrN4OS. The Bertz CT molecular complexity index is 486. The molecule has 0 saturated carbocycles. The van der Waals surface area contributed by atoms with E-state index in [9.17, 15) is 4.79 Å². The van der Waals surface area contributed by atoms with Crippen molar-refractivity contribution in [1.29, 1.82) is 0 Å². The number of carbonyl (C=O) groups is 1. The van der Waals surface area contributed by atoms with Gasteiger partial charge in [-0.15, -0.1) is 0 Å². The van der Waals surface area contributed by atoms with Crippen LogP contribution in [0.1, 0.15) is 0 Å². The van der Waals surface area contributed by atoms with Crippen LogP contribution in [0.25, 0.3) is 0 Å². The van der Waals surface area contributed by atoms with E-state index in [1.807, 2.05) is 24.3 Å². The van der Waals surface area contributed by atoms with Crippen molar-refractivity contribution in [1.82, 2.24) is 15.2 Å². The van der Waals surface area contributed by atoms with Crippen molar-refractivity contribution in [3.8, 4) is 0 Å². The van der Waals surface area contributed by atoms with Gasteiger partial charge in [-0.05, 0) is 24.3 Å². The lowest BCUT2D eigenvalue weighted by atomic mass is 10.3. The smallest absolute Gasteiger partial charge is 0.234 e. The van der Waals surface area contributed by atoms with Crippen molar-refractivity contribution in [3.63, 3.8) is 0 Å². The molecule has 0 aliphatic carbocycles. The summed E-state index contributed by atoms with van der Waals surface area (Å²) in [6.45, 7) is 0. The van der Waals surface area contributed by atoms with Crippen LogP contribution in [0.3, 0.4) is 0 Å². The van der Waals surface area contributed by atoms with Crippen molar-refractivity contribution in [3.05, 3.63) is 35.1 Å². The van der Waals surface area contributed by atoms with Gasteiger partial charge in [-0.2, -0.15) is 5.10 Å². The van der Waals surface area contributed by atoms with Gasteiger partial charge in [0.15, 0.2) is 5.16 Å². The Morgan fingerprint density at radius 1 is 1.41 bits per heavy atom. The summed E-state index contributed by atoms with van der Waals surface area (Å²) in [6, 6.07) is 7.42. The molecule has 1 heterocycles. The second-order valence-electron chi connectivity index (χ2n) is 3.13. The fraction of sp³-hybridized carbons (Fsp3) is 0.100. The molecule has 0 saturated heterocycles. The van der Waals surface area contributed by atoms with Crippen molar-refractivity contribution in [2.45, 2.75) is 5.16 Å². The number of aromatic amines is 1. The second kappa shape index (κ2) is 5.83. The number of amides is 1. The van der Waals surface area contributed by atoms with Gasteiger partial charge in [-0.25, -0.2) is 4.98 Å². The average Bonchev–Trinajstić information content (AvgIpc) is 2.83. The third kappa shape index (κ3) is 3.86. The summed E-state index contributed by atoms with van der Waals surface area (Å²) in [6.07, 6.45) is 1.41. The van der Waals surface area contributed by atoms with Crippen molar-refractivity contribution < 1.29 is 4.79 Å². The number of rotatable bonds is 4. The van der Waals surface area contributed by atoms with Crippen LogP contribution >= 0.6 is 27.7 Å². The summed E-state index contributed by atoms with van der Waals surface area (Å²) in [5, 5.41) is 9.80. The Labute approximate surface area is 111 Å². The number of hydrogen-bond acceptors (Lipinski definition) is 4. The molecule has 2 N–H and O–H groups in total. The van der Waals surface area contributed by atoms with Crippen LogP contribution in [0.15, 0.2) is 40.2 Å². The molecule has 17 heavy (non-hydrogen) atoms. The lowest BCUT2D eigenvalue weighted by Gasteiger charge is -2.03. The molecule has 5 nitrogen and oxygen atoms in total. The number of carbonyl (C=O) groups excluding carboxylic acids is 1. The maximum Gasteiger partial charge on any atom is 0.234 e. The van der Waals surface area contributed by atoms with Gasteiger partial charge in [0.2, 0.25) is 5.91 Å². The Morgan fingerprint density at radius 3 is 2.82 bits per heavy atom. The number of thioether (sulfide) groups is 1. The van der Waals surface area contributed by atoms with Crippen LogP contribution in [-0.2, 0) is 4.79 Å². The van der Waals surface area contributed by atoms with E-state index in [2.05, 4.69) is 36.4 Å². The Kier molecular flexibility index (Phi) is 4.16. The van der Waals surface area contributed by atoms with E-state index < -0.39 is 0 Å². The largest absolute Gasteiger partial charge is 0.325 e. The standard InChI is InChI=1S/C10H9BrN4OS/c11-7-1-3-8(4-2-7)14-9(16)5-17-10-12-6-13-15-10/h1-4,6H,5H2,(H,14,16)(H,12,13,15). The molecule has 1 amide bonds. The summed E-state index contributed by atoms with van der Waals surface area (Å²) in [4.78, 5) is 15.5. The first-order valence-corrected chi connectivity index (χ1v) is 6.55. The Morgan fingerprint density at radius 2 is 2.18 bits per heavy atom. The highest BCUT2D eigenvalue weighted by atomic mass is 79.9. The maximum atomic E-state index is 11.6. The quantitative estimate of drug-likeness (QED) is 0.850. The van der Waals surface area contributed by atoms with Gasteiger partial charge < -0.3 is 5.32 Å². The highest BCUT2D eigenvalue weighted by Crippen LogP contribution is 2.15. The fourth-order valence-electron chi connectivity index (χ4n) is 1.13. The molecule has 0 aliphatic rings. The van der Waals surface area contributed by atoms with Crippen LogP contribution < -0.4 is 5.32 Å². The average molecular weight is 313 g/mol. The Hall–Kier alpha value is -1.34. The number of benzene rings is 1. The van der Waals surface area contributed by atoms with Gasteiger partial charge >= 0.3 is 0 Å². The van der Waals surface area contributed by atoms with E-state index in [1.165, 1.54) is 18.1 Å². The molecule has 0 spiro atoms. The van der Waals surface area contributed by atoms with Crippen LogP contribution in [0, 0.1) is 0 Å². The predicted octanol–water partition coefficient (Wildman–Crippen LogP) is 2.30. The highest BCUT2D eigenvalue weighted by molar-refractivity contribution is 9.10. The first-order valence-electron chi connectivity index (χ1n) is 4.77. The van der Waals surface area contributed by atoms with Gasteiger partial charge in [0, 0.05) is 10.2 Å². The van der Waals surface area contributed by atoms with Crippen molar-refractivity contribution in [2.24, 2.45) is 0 Å². The number of H-pyrrole nitrogens is 1. The van der Waals surface area contributed by atoms with Crippen LogP contribution in [0.2, 0.25) is 0 Å². The van der Waals surface area contributed by atoms with Gasteiger partial charge in [0.05, 0.1) is 5.75 Å². The fourth-order valence-corrected chi connectivity index (χ4v) is 1.97. The molecule has 0 radical (unpaired) electrons. The number of halogens is 1. The minimum Gasteiger partial charge on any atom is -0.325 e. The minimum absolute atomic E-state index is 0.0753. The van der Waals surface area contributed by atoms with E-state index in [1.54, 1.807) is 0 Å². The number of aromatic nitrogens is 3. The monoisotopic (exact) mass is 312 g/mol. The minimum atomic E-state index is -0.0753. The molecule has 1 aromatic carbocycles.